The van der Waals surface area contributed by atoms with E-state index in [9.17, 15) is 0 Å². The standard InChI is InChI=1S/C18H23P/c1-11(19)15-13-9-5-7-12-8-6-10-14(16(12)13)17(15)18(2,3)4/h5-11,15,17H,19H2,1-4H3. The number of hydrogen-bond donors (Lipinski definition) is 0. The average molecular weight is 270 g/mol. The van der Waals surface area contributed by atoms with Gasteiger partial charge in [0.15, 0.2) is 0 Å². The lowest BCUT2D eigenvalue weighted by Gasteiger charge is -2.35. The fraction of sp³-hybridized carbons (Fsp3) is 0.444. The van der Waals surface area contributed by atoms with E-state index in [1.165, 1.54) is 10.8 Å². The second kappa shape index (κ2) is 4.32. The Morgan fingerprint density at radius 3 is 2.11 bits per heavy atom. The summed E-state index contributed by atoms with van der Waals surface area (Å²) in [6.07, 6.45) is 0. The molecule has 0 aliphatic heterocycles. The third-order valence-electron chi connectivity index (χ3n) is 4.52. The summed E-state index contributed by atoms with van der Waals surface area (Å²) in [6.45, 7) is 9.46. The zero-order chi connectivity index (χ0) is 13.8. The van der Waals surface area contributed by atoms with Crippen molar-refractivity contribution in [1.29, 1.82) is 0 Å². The topological polar surface area (TPSA) is 0 Å². The van der Waals surface area contributed by atoms with Gasteiger partial charge in [-0.05, 0) is 44.8 Å². The van der Waals surface area contributed by atoms with E-state index >= 15 is 0 Å². The molecular weight excluding hydrogens is 247 g/mol. The summed E-state index contributed by atoms with van der Waals surface area (Å²) in [4.78, 5) is 0. The van der Waals surface area contributed by atoms with Crippen molar-refractivity contribution >= 4 is 20.0 Å². The predicted molar refractivity (Wildman–Crippen MR) is 88.1 cm³/mol. The Morgan fingerprint density at radius 2 is 1.58 bits per heavy atom. The van der Waals surface area contributed by atoms with Gasteiger partial charge in [-0.1, -0.05) is 64.1 Å². The van der Waals surface area contributed by atoms with Gasteiger partial charge in [-0.3, -0.25) is 0 Å². The van der Waals surface area contributed by atoms with E-state index in [0.717, 1.165) is 0 Å². The first kappa shape index (κ1) is 13.1. The van der Waals surface area contributed by atoms with Crippen molar-refractivity contribution in [1.82, 2.24) is 0 Å². The van der Waals surface area contributed by atoms with Crippen LogP contribution in [0.2, 0.25) is 0 Å². The molecule has 0 heterocycles. The van der Waals surface area contributed by atoms with Crippen molar-refractivity contribution in [3.63, 3.8) is 0 Å². The molecule has 4 unspecified atom stereocenters. The summed E-state index contributed by atoms with van der Waals surface area (Å²) in [5.41, 5.74) is 4.00. The molecule has 0 fully saturated rings. The summed E-state index contributed by atoms with van der Waals surface area (Å²) < 4.78 is 0. The molecule has 1 aliphatic carbocycles. The number of benzene rings is 2. The fourth-order valence-electron chi connectivity index (χ4n) is 3.90. The van der Waals surface area contributed by atoms with Crippen molar-refractivity contribution in [2.24, 2.45) is 5.41 Å². The molecule has 0 amide bonds. The molecule has 0 bridgehead atoms. The van der Waals surface area contributed by atoms with E-state index in [2.05, 4.69) is 73.3 Å². The quantitative estimate of drug-likeness (QED) is 0.614. The third kappa shape index (κ3) is 1.93. The van der Waals surface area contributed by atoms with Crippen LogP contribution in [-0.2, 0) is 0 Å². The summed E-state index contributed by atoms with van der Waals surface area (Å²) in [5.74, 6) is 1.23. The van der Waals surface area contributed by atoms with E-state index < -0.39 is 0 Å². The van der Waals surface area contributed by atoms with Crippen LogP contribution in [0, 0.1) is 5.41 Å². The maximum absolute atomic E-state index is 3.03. The minimum Gasteiger partial charge on any atom is -0.134 e. The second-order valence-electron chi connectivity index (χ2n) is 7.02. The van der Waals surface area contributed by atoms with E-state index in [1.54, 1.807) is 11.1 Å². The summed E-state index contributed by atoms with van der Waals surface area (Å²) in [6, 6.07) is 13.6. The SMILES string of the molecule is CC(P)C1c2cccc3cccc(c23)C1C(C)(C)C. The molecule has 0 saturated carbocycles. The summed E-state index contributed by atoms with van der Waals surface area (Å²) in [5, 5.41) is 2.92. The van der Waals surface area contributed by atoms with Crippen LogP contribution >= 0.6 is 9.24 Å². The third-order valence-corrected chi connectivity index (χ3v) is 4.94. The largest absolute Gasteiger partial charge is 0.134 e. The average Bonchev–Trinajstić information content (AvgIpc) is 2.67. The zero-order valence-electron chi connectivity index (χ0n) is 12.3. The Hall–Kier alpha value is -0.870. The highest BCUT2D eigenvalue weighted by molar-refractivity contribution is 7.17. The molecule has 3 rings (SSSR count). The van der Waals surface area contributed by atoms with Gasteiger partial charge >= 0.3 is 0 Å². The molecule has 2 aromatic rings. The lowest BCUT2D eigenvalue weighted by atomic mass is 9.71. The van der Waals surface area contributed by atoms with Crippen molar-refractivity contribution in [2.75, 3.05) is 0 Å². The van der Waals surface area contributed by atoms with Crippen molar-refractivity contribution in [3.05, 3.63) is 47.5 Å². The first-order chi connectivity index (χ1) is 8.91. The van der Waals surface area contributed by atoms with Gasteiger partial charge in [0.05, 0.1) is 0 Å². The van der Waals surface area contributed by atoms with E-state index in [1.807, 2.05) is 0 Å². The van der Waals surface area contributed by atoms with Crippen LogP contribution in [0.25, 0.3) is 10.8 Å². The van der Waals surface area contributed by atoms with Crippen molar-refractivity contribution < 1.29 is 0 Å². The monoisotopic (exact) mass is 270 g/mol. The Labute approximate surface area is 118 Å². The molecule has 0 radical (unpaired) electrons. The predicted octanol–water partition coefficient (Wildman–Crippen LogP) is 5.33. The summed E-state index contributed by atoms with van der Waals surface area (Å²) >= 11 is 0. The molecule has 4 atom stereocenters. The molecule has 2 aromatic carbocycles. The number of rotatable bonds is 1. The Balaban J connectivity index is 2.33. The zero-order valence-corrected chi connectivity index (χ0v) is 13.4. The number of hydrogen-bond acceptors (Lipinski definition) is 0. The van der Waals surface area contributed by atoms with E-state index in [-0.39, 0.29) is 0 Å². The van der Waals surface area contributed by atoms with Gasteiger partial charge in [0, 0.05) is 0 Å². The minimum atomic E-state index is 0.294. The molecular formula is C18H23P. The van der Waals surface area contributed by atoms with Gasteiger partial charge in [-0.15, -0.1) is 9.24 Å². The lowest BCUT2D eigenvalue weighted by Crippen LogP contribution is -2.25. The first-order valence-corrected chi connectivity index (χ1v) is 7.85. The van der Waals surface area contributed by atoms with Crippen LogP contribution in [0.5, 0.6) is 0 Å². The molecule has 0 aromatic heterocycles. The van der Waals surface area contributed by atoms with Crippen LogP contribution in [0.15, 0.2) is 36.4 Å². The minimum absolute atomic E-state index is 0.294. The van der Waals surface area contributed by atoms with Crippen molar-refractivity contribution in [3.8, 4) is 0 Å². The van der Waals surface area contributed by atoms with E-state index in [0.29, 0.717) is 22.9 Å². The first-order valence-electron chi connectivity index (χ1n) is 7.18. The molecule has 1 heteroatoms. The van der Waals surface area contributed by atoms with Crippen LogP contribution < -0.4 is 0 Å². The maximum atomic E-state index is 3.03. The molecule has 0 saturated heterocycles. The van der Waals surface area contributed by atoms with Gasteiger partial charge in [0.25, 0.3) is 0 Å². The lowest BCUT2D eigenvalue weighted by molar-refractivity contribution is 0.286. The van der Waals surface area contributed by atoms with Crippen LogP contribution in [0.4, 0.5) is 0 Å². The van der Waals surface area contributed by atoms with Gasteiger partial charge in [-0.2, -0.15) is 0 Å². The second-order valence-corrected chi connectivity index (χ2v) is 8.07. The molecule has 1 aliphatic rings. The van der Waals surface area contributed by atoms with Gasteiger partial charge in [0.1, 0.15) is 0 Å². The van der Waals surface area contributed by atoms with Gasteiger partial charge < -0.3 is 0 Å². The van der Waals surface area contributed by atoms with E-state index in [4.69, 9.17) is 0 Å². The highest BCUT2D eigenvalue weighted by Gasteiger charge is 2.42. The Kier molecular flexibility index (Phi) is 2.98. The fourth-order valence-corrected chi connectivity index (χ4v) is 4.33. The molecule has 0 nitrogen and oxygen atoms in total. The van der Waals surface area contributed by atoms with Gasteiger partial charge in [0.2, 0.25) is 0 Å². The molecule has 100 valence electrons. The molecule has 0 spiro atoms. The Morgan fingerprint density at radius 1 is 1.00 bits per heavy atom. The highest BCUT2D eigenvalue weighted by atomic mass is 31.0. The van der Waals surface area contributed by atoms with Crippen LogP contribution in [-0.4, -0.2) is 5.66 Å². The molecule has 0 N–H and O–H groups in total. The Bertz CT molecular complexity index is 614. The van der Waals surface area contributed by atoms with Crippen molar-refractivity contribution in [2.45, 2.75) is 45.2 Å². The maximum Gasteiger partial charge on any atom is -0.00213 e. The summed E-state index contributed by atoms with van der Waals surface area (Å²) in [7, 11) is 3.03. The molecule has 19 heavy (non-hydrogen) atoms. The van der Waals surface area contributed by atoms with Crippen LogP contribution in [0.3, 0.4) is 0 Å². The normalized spacial score (nSPS) is 23.8. The van der Waals surface area contributed by atoms with Gasteiger partial charge in [-0.25, -0.2) is 0 Å². The van der Waals surface area contributed by atoms with Crippen LogP contribution in [0.1, 0.15) is 50.7 Å². The highest BCUT2D eigenvalue weighted by Crippen LogP contribution is 2.56. The smallest absolute Gasteiger partial charge is 0.00213 e.